The van der Waals surface area contributed by atoms with Gasteiger partial charge in [-0.25, -0.2) is 8.42 Å². The minimum Gasteiger partial charge on any atom is -0.379 e. The molecule has 0 bridgehead atoms. The number of rotatable bonds is 23. The molecule has 1 aliphatic carbocycles. The lowest BCUT2D eigenvalue weighted by Crippen LogP contribution is -2.59. The molecule has 4 N–H and O–H groups in total. The molecule has 1 saturated carbocycles. The quantitative estimate of drug-likeness (QED) is 0.119. The Labute approximate surface area is 330 Å². The highest BCUT2D eigenvalue weighted by molar-refractivity contribution is 7.90. The number of nitrogens with zero attached hydrogens (tertiary/aromatic N) is 2. The lowest BCUT2D eigenvalue weighted by molar-refractivity contribution is -0.148. The number of hydrogen-bond donors (Lipinski definition) is 4. The number of likely N-dealkylation sites (tertiary alicyclic amines) is 1. The fraction of sp³-hybridized carbons (Fsp3) is 0.872. The summed E-state index contributed by atoms with van der Waals surface area (Å²) in [6.07, 6.45) is 1.79. The molecule has 2 aliphatic rings. The summed E-state index contributed by atoms with van der Waals surface area (Å²) in [5.74, 6) is -3.03. The molecule has 0 aromatic carbocycles. The van der Waals surface area contributed by atoms with Gasteiger partial charge in [0.15, 0.2) is 0 Å². The van der Waals surface area contributed by atoms with E-state index in [1.165, 1.54) is 14.2 Å². The highest BCUT2D eigenvalue weighted by Gasteiger charge is 2.44. The standard InChI is InChI=1S/C39H72N6O9S/c1-14-25(8)34(44(11)39(50)33(24(6)7)42-38(49)32(40-10)23(4)5)30(53-12)21-31(46)45-19-15-16-29(45)35(54-13)26(9)36(47)41-28(20-22(2)3)37(48)43-55(51,52)27-17-18-27/h22-30,32-35,40H,14-21H2,1-13H3,(H,41,47)(H,42,49)(H,43,48)/t25-,26+,28-,29-,30+,32?,33-,34-,35+/m0/s1. The minimum atomic E-state index is -3.80. The molecule has 1 unspecified atom stereocenters. The summed E-state index contributed by atoms with van der Waals surface area (Å²) in [7, 11) is 2.62. The zero-order chi connectivity index (χ0) is 41.9. The molecule has 318 valence electrons. The average molecular weight is 801 g/mol. The lowest BCUT2D eigenvalue weighted by Gasteiger charge is -2.41. The van der Waals surface area contributed by atoms with E-state index in [-0.39, 0.29) is 54.2 Å². The van der Waals surface area contributed by atoms with E-state index in [9.17, 15) is 32.4 Å². The van der Waals surface area contributed by atoms with Gasteiger partial charge in [0.1, 0.15) is 12.1 Å². The van der Waals surface area contributed by atoms with Crippen molar-refractivity contribution in [2.75, 3.05) is 34.9 Å². The van der Waals surface area contributed by atoms with Gasteiger partial charge in [-0.1, -0.05) is 68.7 Å². The first-order valence-electron chi connectivity index (χ1n) is 20.1. The van der Waals surface area contributed by atoms with Crippen molar-refractivity contribution in [1.82, 2.24) is 30.5 Å². The summed E-state index contributed by atoms with van der Waals surface area (Å²) >= 11 is 0. The molecule has 16 heteroatoms. The van der Waals surface area contributed by atoms with Gasteiger partial charge in [-0.2, -0.15) is 0 Å². The second-order valence-corrected chi connectivity index (χ2v) is 18.7. The van der Waals surface area contributed by atoms with E-state index in [0.29, 0.717) is 38.6 Å². The molecule has 1 saturated heterocycles. The molecule has 55 heavy (non-hydrogen) atoms. The zero-order valence-corrected chi connectivity index (χ0v) is 36.5. The molecule has 2 rings (SSSR count). The predicted octanol–water partition coefficient (Wildman–Crippen LogP) is 2.43. The molecule has 0 aromatic rings. The maximum atomic E-state index is 14.2. The van der Waals surface area contributed by atoms with E-state index < -0.39 is 75.4 Å². The van der Waals surface area contributed by atoms with Crippen LogP contribution in [0.1, 0.15) is 107 Å². The Morgan fingerprint density at radius 3 is 1.91 bits per heavy atom. The third kappa shape index (κ3) is 13.1. The second kappa shape index (κ2) is 21.6. The second-order valence-electron chi connectivity index (χ2n) is 16.7. The minimum absolute atomic E-state index is 0.0101. The van der Waals surface area contributed by atoms with Crippen LogP contribution in [0.25, 0.3) is 0 Å². The first kappa shape index (κ1) is 48.3. The number of likely N-dealkylation sites (N-methyl/N-ethyl adjacent to an activating group) is 2. The Morgan fingerprint density at radius 2 is 1.44 bits per heavy atom. The fourth-order valence-corrected chi connectivity index (χ4v) is 9.07. The van der Waals surface area contributed by atoms with Gasteiger partial charge in [0.2, 0.25) is 33.7 Å². The van der Waals surface area contributed by atoms with E-state index in [4.69, 9.17) is 9.47 Å². The average Bonchev–Trinajstić information content (AvgIpc) is 3.88. The van der Waals surface area contributed by atoms with Gasteiger partial charge < -0.3 is 35.2 Å². The van der Waals surface area contributed by atoms with Crippen molar-refractivity contribution in [2.24, 2.45) is 29.6 Å². The number of carbonyl (C=O) groups excluding carboxylic acids is 5. The number of ether oxygens (including phenoxy) is 2. The van der Waals surface area contributed by atoms with Crippen molar-refractivity contribution in [3.8, 4) is 0 Å². The topological polar surface area (TPSA) is 193 Å². The molecule has 1 heterocycles. The van der Waals surface area contributed by atoms with Crippen LogP contribution in [-0.2, 0) is 43.5 Å². The van der Waals surface area contributed by atoms with Crippen molar-refractivity contribution in [3.63, 3.8) is 0 Å². The van der Waals surface area contributed by atoms with Crippen LogP contribution in [0, 0.1) is 29.6 Å². The van der Waals surface area contributed by atoms with Crippen molar-refractivity contribution in [3.05, 3.63) is 0 Å². The summed E-state index contributed by atoms with van der Waals surface area (Å²) in [5, 5.41) is 8.18. The molecular weight excluding hydrogens is 729 g/mol. The highest BCUT2D eigenvalue weighted by atomic mass is 32.2. The fourth-order valence-electron chi connectivity index (χ4n) is 7.73. The number of nitrogens with one attached hydrogen (secondary N) is 4. The monoisotopic (exact) mass is 801 g/mol. The van der Waals surface area contributed by atoms with Crippen LogP contribution in [0.2, 0.25) is 0 Å². The van der Waals surface area contributed by atoms with Crippen LogP contribution < -0.4 is 20.7 Å². The van der Waals surface area contributed by atoms with E-state index in [1.807, 2.05) is 55.4 Å². The van der Waals surface area contributed by atoms with Gasteiger partial charge in [0.05, 0.1) is 47.9 Å². The number of hydrogen-bond acceptors (Lipinski definition) is 10. The number of sulfonamides is 1. The van der Waals surface area contributed by atoms with Gasteiger partial charge in [-0.15, -0.1) is 0 Å². The largest absolute Gasteiger partial charge is 0.379 e. The van der Waals surface area contributed by atoms with Crippen LogP contribution in [0.4, 0.5) is 0 Å². The van der Waals surface area contributed by atoms with E-state index >= 15 is 0 Å². The first-order valence-corrected chi connectivity index (χ1v) is 21.7. The number of methoxy groups -OCH3 is 2. The molecule has 5 amide bonds. The van der Waals surface area contributed by atoms with E-state index in [1.54, 1.807) is 30.8 Å². The normalized spacial score (nSPS) is 20.7. The summed E-state index contributed by atoms with van der Waals surface area (Å²) < 4.78 is 39.0. The molecule has 9 atom stereocenters. The van der Waals surface area contributed by atoms with Gasteiger partial charge >= 0.3 is 0 Å². The SMILES string of the molecule is CC[C@H](C)[C@@H]([C@@H](CC(=O)N1CCC[C@H]1[C@H](OC)[C@@H](C)C(=O)N[C@@H](CC(C)C)C(=O)NS(=O)(=O)C1CC1)OC)N(C)C(=O)[C@@H](NC(=O)C(NC)C(C)C)C(C)C. The first-order chi connectivity index (χ1) is 25.7. The summed E-state index contributed by atoms with van der Waals surface area (Å²) in [6.45, 7) is 17.5. The van der Waals surface area contributed by atoms with Crippen LogP contribution in [-0.4, -0.2) is 130 Å². The molecule has 0 aromatic heterocycles. The lowest BCUT2D eigenvalue weighted by atomic mass is 9.89. The van der Waals surface area contributed by atoms with Crippen molar-refractivity contribution < 1.29 is 41.9 Å². The molecule has 1 aliphatic heterocycles. The summed E-state index contributed by atoms with van der Waals surface area (Å²) in [6, 6.07) is -3.27. The number of amides is 5. The summed E-state index contributed by atoms with van der Waals surface area (Å²) in [4.78, 5) is 71.7. The van der Waals surface area contributed by atoms with Crippen molar-refractivity contribution in [2.45, 2.75) is 155 Å². The van der Waals surface area contributed by atoms with Gasteiger partial charge in [0.25, 0.3) is 5.91 Å². The number of carbonyl (C=O) groups is 5. The van der Waals surface area contributed by atoms with Crippen LogP contribution >= 0.6 is 0 Å². The molecule has 0 spiro atoms. The predicted molar refractivity (Wildman–Crippen MR) is 212 cm³/mol. The smallest absolute Gasteiger partial charge is 0.256 e. The maximum Gasteiger partial charge on any atom is 0.256 e. The maximum absolute atomic E-state index is 14.2. The van der Waals surface area contributed by atoms with Crippen LogP contribution in [0.5, 0.6) is 0 Å². The van der Waals surface area contributed by atoms with Gasteiger partial charge in [-0.3, -0.25) is 28.7 Å². The molecule has 2 fully saturated rings. The Morgan fingerprint density at radius 1 is 0.836 bits per heavy atom. The third-order valence-electron chi connectivity index (χ3n) is 11.3. The Bertz CT molecular complexity index is 1410. The van der Waals surface area contributed by atoms with Gasteiger partial charge in [0, 0.05) is 27.8 Å². The van der Waals surface area contributed by atoms with Crippen LogP contribution in [0.3, 0.4) is 0 Å². The van der Waals surface area contributed by atoms with E-state index in [0.717, 1.165) is 0 Å². The molecule has 0 radical (unpaired) electrons. The van der Waals surface area contributed by atoms with Crippen molar-refractivity contribution >= 4 is 39.6 Å². The molecular formula is C39H72N6O9S. The highest BCUT2D eigenvalue weighted by Crippen LogP contribution is 2.30. The Balaban J connectivity index is 2.27. The molecule has 15 nitrogen and oxygen atoms in total. The summed E-state index contributed by atoms with van der Waals surface area (Å²) in [5.41, 5.74) is 0. The Hall–Kier alpha value is -2.82. The Kier molecular flexibility index (Phi) is 19.0. The van der Waals surface area contributed by atoms with Crippen molar-refractivity contribution in [1.29, 1.82) is 0 Å². The van der Waals surface area contributed by atoms with Gasteiger partial charge in [-0.05, 0) is 62.8 Å². The zero-order valence-electron chi connectivity index (χ0n) is 35.6. The van der Waals surface area contributed by atoms with E-state index in [2.05, 4.69) is 20.7 Å². The van der Waals surface area contributed by atoms with Crippen LogP contribution in [0.15, 0.2) is 0 Å². The third-order valence-corrected chi connectivity index (χ3v) is 13.1.